The zero-order valence-corrected chi connectivity index (χ0v) is 26.5. The quantitative estimate of drug-likeness (QED) is 0.267. The fourth-order valence-electron chi connectivity index (χ4n) is 7.96. The molecular formula is C36H49N5O. The number of pyridine rings is 1. The van der Waals surface area contributed by atoms with Crippen molar-refractivity contribution in [1.82, 2.24) is 20.0 Å². The maximum absolute atomic E-state index is 5.99. The molecule has 0 saturated heterocycles. The van der Waals surface area contributed by atoms with Crippen molar-refractivity contribution in [3.63, 3.8) is 0 Å². The highest BCUT2D eigenvalue weighted by Gasteiger charge is 2.58. The van der Waals surface area contributed by atoms with Crippen LogP contribution in [0, 0.1) is 28.6 Å². The fourth-order valence-corrected chi connectivity index (χ4v) is 7.96. The van der Waals surface area contributed by atoms with Gasteiger partial charge in [0.2, 0.25) is 0 Å². The average Bonchev–Trinajstić information content (AvgIpc) is 3.65. The molecule has 1 saturated carbocycles. The molecule has 4 unspecified atom stereocenters. The van der Waals surface area contributed by atoms with Crippen molar-refractivity contribution in [3.8, 4) is 0 Å². The minimum Gasteiger partial charge on any atom is -0.498 e. The van der Waals surface area contributed by atoms with Crippen molar-refractivity contribution in [2.75, 3.05) is 6.61 Å². The molecule has 6 nitrogen and oxygen atoms in total. The molecule has 0 radical (unpaired) electrons. The van der Waals surface area contributed by atoms with Gasteiger partial charge in [-0.05, 0) is 117 Å². The lowest BCUT2D eigenvalue weighted by Crippen LogP contribution is -2.49. The van der Waals surface area contributed by atoms with Crippen LogP contribution in [-0.4, -0.2) is 32.8 Å². The summed E-state index contributed by atoms with van der Waals surface area (Å²) in [7, 11) is 0. The second-order valence-electron chi connectivity index (χ2n) is 12.1. The highest BCUT2D eigenvalue weighted by molar-refractivity contribution is 5.73. The molecule has 5 atom stereocenters. The molecule has 224 valence electrons. The number of fused-ring (bicyclic) bond motifs is 5. The molecule has 0 aliphatic heterocycles. The van der Waals surface area contributed by atoms with Crippen molar-refractivity contribution >= 4 is 17.5 Å². The first-order valence-corrected chi connectivity index (χ1v) is 15.6. The molecule has 2 heterocycles. The second-order valence-corrected chi connectivity index (χ2v) is 12.1. The third-order valence-electron chi connectivity index (χ3n) is 9.73. The van der Waals surface area contributed by atoms with Crippen molar-refractivity contribution < 1.29 is 4.74 Å². The van der Waals surface area contributed by atoms with E-state index in [1.165, 1.54) is 35.2 Å². The smallest absolute Gasteiger partial charge is 0.0963 e. The molecule has 0 amide bonds. The van der Waals surface area contributed by atoms with E-state index >= 15 is 0 Å². The van der Waals surface area contributed by atoms with Gasteiger partial charge in [0.05, 0.1) is 30.5 Å². The molecule has 42 heavy (non-hydrogen) atoms. The van der Waals surface area contributed by atoms with Gasteiger partial charge in [0.15, 0.2) is 0 Å². The number of rotatable bonds is 5. The largest absolute Gasteiger partial charge is 0.498 e. The van der Waals surface area contributed by atoms with E-state index in [9.17, 15) is 0 Å². The van der Waals surface area contributed by atoms with E-state index < -0.39 is 0 Å². The van der Waals surface area contributed by atoms with Gasteiger partial charge in [-0.2, -0.15) is 15.0 Å². The predicted octanol–water partition coefficient (Wildman–Crippen LogP) is 8.95. The highest BCUT2D eigenvalue weighted by Crippen LogP contribution is 2.67. The monoisotopic (exact) mass is 567 g/mol. The first kappa shape index (κ1) is 31.4. The summed E-state index contributed by atoms with van der Waals surface area (Å²) in [5.74, 6) is 3.08. The summed E-state index contributed by atoms with van der Waals surface area (Å²) in [6.45, 7) is 16.9. The van der Waals surface area contributed by atoms with Crippen molar-refractivity contribution in [2.45, 2.75) is 80.1 Å². The first-order valence-electron chi connectivity index (χ1n) is 15.6. The zero-order chi connectivity index (χ0) is 30.2. The van der Waals surface area contributed by atoms with E-state index in [4.69, 9.17) is 4.74 Å². The van der Waals surface area contributed by atoms with E-state index in [-0.39, 0.29) is 10.8 Å². The van der Waals surface area contributed by atoms with E-state index in [1.807, 2.05) is 44.0 Å². The van der Waals surface area contributed by atoms with Crippen molar-refractivity contribution in [3.05, 3.63) is 90.9 Å². The summed E-state index contributed by atoms with van der Waals surface area (Å²) in [4.78, 5) is 10.1. The Balaban J connectivity index is 0.000000397. The number of hydrogen-bond donors (Lipinski definition) is 0. The summed E-state index contributed by atoms with van der Waals surface area (Å²) in [5.41, 5.74) is 5.86. The fraction of sp³-hybridized carbons (Fsp3) is 0.500. The Morgan fingerprint density at radius 3 is 2.48 bits per heavy atom. The minimum absolute atomic E-state index is 0.144. The van der Waals surface area contributed by atoms with Crippen LogP contribution in [0.2, 0.25) is 0 Å². The first-order chi connectivity index (χ1) is 20.4. The standard InChI is InChI=1S/C28H34N4O.C5H9N.C3H6/c1-4-33-20-9-11-28(3)24-10-12-27(2)22(19-6-5-13-29-18-19)7-8-23(27)21(24)17-26(25(28)16-20)32-30-14-15-31-32;1-3-5-6-4-2;1-3-2/h5-7,13-16,18,21,23-24H,4,8-12,17H2,1-3H3;3-5H,1-2H3;3H,1H2,2H3/b;5-3+,6-4?;/t21?,23?,24-,27?,28?;;/m0../s1. The summed E-state index contributed by atoms with van der Waals surface area (Å²) in [5, 5.41) is 9.18. The Bertz CT molecular complexity index is 1330. The van der Waals surface area contributed by atoms with Gasteiger partial charge in [0.25, 0.3) is 0 Å². The van der Waals surface area contributed by atoms with E-state index in [0.29, 0.717) is 17.8 Å². The van der Waals surface area contributed by atoms with E-state index in [2.05, 4.69) is 71.8 Å². The van der Waals surface area contributed by atoms with Gasteiger partial charge in [-0.1, -0.05) is 38.1 Å². The Morgan fingerprint density at radius 1 is 1.10 bits per heavy atom. The van der Waals surface area contributed by atoms with Crippen LogP contribution in [0.1, 0.15) is 85.6 Å². The van der Waals surface area contributed by atoms with Crippen LogP contribution in [0.15, 0.2) is 90.3 Å². The summed E-state index contributed by atoms with van der Waals surface area (Å²) in [6, 6.07) is 4.31. The Hall–Kier alpha value is -3.54. The highest BCUT2D eigenvalue weighted by atomic mass is 16.5. The molecule has 4 aliphatic rings. The lowest BCUT2D eigenvalue weighted by atomic mass is 9.47. The molecule has 0 aromatic carbocycles. The molecule has 0 bridgehead atoms. The molecule has 0 N–H and O–H groups in total. The number of aromatic nitrogens is 4. The van der Waals surface area contributed by atoms with Gasteiger partial charge < -0.3 is 4.74 Å². The maximum atomic E-state index is 5.99. The van der Waals surface area contributed by atoms with Crippen LogP contribution in [0.5, 0.6) is 0 Å². The van der Waals surface area contributed by atoms with Crippen LogP contribution in [0.25, 0.3) is 11.3 Å². The summed E-state index contributed by atoms with van der Waals surface area (Å²) >= 11 is 0. The molecule has 1 fully saturated rings. The van der Waals surface area contributed by atoms with Crippen LogP contribution < -0.4 is 0 Å². The van der Waals surface area contributed by atoms with Crippen molar-refractivity contribution in [1.29, 1.82) is 0 Å². The number of aliphatic imine (C=N–C) groups is 1. The Kier molecular flexibility index (Phi) is 10.5. The zero-order valence-electron chi connectivity index (χ0n) is 26.5. The Labute approximate surface area is 253 Å². The molecular weight excluding hydrogens is 518 g/mol. The molecule has 6 rings (SSSR count). The van der Waals surface area contributed by atoms with Gasteiger partial charge in [-0.3, -0.25) is 9.98 Å². The van der Waals surface area contributed by atoms with Gasteiger partial charge >= 0.3 is 0 Å². The number of ether oxygens (including phenoxy) is 1. The summed E-state index contributed by atoms with van der Waals surface area (Å²) in [6.07, 6.45) is 26.4. The third-order valence-corrected chi connectivity index (χ3v) is 9.73. The minimum atomic E-state index is 0.144. The topological polar surface area (TPSA) is 65.2 Å². The molecule has 2 aromatic rings. The third kappa shape index (κ3) is 6.13. The van der Waals surface area contributed by atoms with Crippen molar-refractivity contribution in [2.24, 2.45) is 33.6 Å². The van der Waals surface area contributed by atoms with Gasteiger partial charge in [-0.15, -0.1) is 6.58 Å². The predicted molar refractivity (Wildman–Crippen MR) is 174 cm³/mol. The average molecular weight is 568 g/mol. The molecule has 4 aliphatic carbocycles. The lowest BCUT2D eigenvalue weighted by Gasteiger charge is -2.57. The second kappa shape index (κ2) is 14.1. The Morgan fingerprint density at radius 2 is 1.86 bits per heavy atom. The van der Waals surface area contributed by atoms with Crippen LogP contribution >= 0.6 is 0 Å². The van der Waals surface area contributed by atoms with Crippen LogP contribution in [-0.2, 0) is 4.74 Å². The van der Waals surface area contributed by atoms with Crippen LogP contribution in [0.4, 0.5) is 0 Å². The van der Waals surface area contributed by atoms with Crippen LogP contribution in [0.3, 0.4) is 0 Å². The van der Waals surface area contributed by atoms with E-state index in [1.54, 1.807) is 30.9 Å². The van der Waals surface area contributed by atoms with Gasteiger partial charge in [0.1, 0.15) is 0 Å². The van der Waals surface area contributed by atoms with E-state index in [0.717, 1.165) is 38.0 Å². The number of nitrogens with zero attached hydrogens (tertiary/aromatic N) is 5. The molecule has 2 aromatic heterocycles. The van der Waals surface area contributed by atoms with Gasteiger partial charge in [0, 0.05) is 31.2 Å². The normalized spacial score (nSPS) is 29.7. The molecule has 6 heteroatoms. The van der Waals surface area contributed by atoms with Gasteiger partial charge in [-0.25, -0.2) is 0 Å². The lowest BCUT2D eigenvalue weighted by molar-refractivity contribution is -0.00398. The SMILES string of the molecule is C=CC.CC=N/C=C/C.CCOC1=CC2=C(n3nccn3)CC3C4CC=C(c5cccnc5)C4(C)CC[C@@H]3C2(C)CC1. The molecule has 0 spiro atoms. The summed E-state index contributed by atoms with van der Waals surface area (Å²) < 4.78 is 5.99. The maximum Gasteiger partial charge on any atom is 0.0963 e. The number of hydrogen-bond acceptors (Lipinski definition) is 5. The number of allylic oxidation sites excluding steroid dienone is 8.